The van der Waals surface area contributed by atoms with Crippen molar-refractivity contribution < 1.29 is 14.3 Å². The lowest BCUT2D eigenvalue weighted by Gasteiger charge is -2.27. The van der Waals surface area contributed by atoms with Crippen LogP contribution < -0.4 is 4.90 Å². The quantitative estimate of drug-likeness (QED) is 0.358. The summed E-state index contributed by atoms with van der Waals surface area (Å²) in [7, 11) is 1.76. The summed E-state index contributed by atoms with van der Waals surface area (Å²) in [6.07, 6.45) is 5.52. The van der Waals surface area contributed by atoms with Crippen molar-refractivity contribution in [1.29, 1.82) is 0 Å². The number of rotatable bonds is 5. The molecule has 1 aromatic carbocycles. The first-order chi connectivity index (χ1) is 18.5. The van der Waals surface area contributed by atoms with Crippen molar-refractivity contribution in [1.82, 2.24) is 24.6 Å². The fourth-order valence-electron chi connectivity index (χ4n) is 5.30. The highest BCUT2D eigenvalue weighted by Gasteiger charge is 2.32. The maximum absolute atomic E-state index is 14.0. The normalized spacial score (nSPS) is 16.6. The lowest BCUT2D eigenvalue weighted by Crippen LogP contribution is -2.39. The Morgan fingerprint density at radius 3 is 2.76 bits per heavy atom. The molecule has 0 spiro atoms. The molecule has 4 aromatic rings. The summed E-state index contributed by atoms with van der Waals surface area (Å²) < 4.78 is 7.28. The van der Waals surface area contributed by atoms with Crippen LogP contribution in [0, 0.1) is 0 Å². The van der Waals surface area contributed by atoms with Crippen molar-refractivity contribution in [2.24, 2.45) is 0 Å². The minimum Gasteiger partial charge on any atom is -0.372 e. The van der Waals surface area contributed by atoms with Gasteiger partial charge in [-0.3, -0.25) is 19.3 Å². The van der Waals surface area contributed by atoms with E-state index in [4.69, 9.17) is 16.3 Å². The lowest BCUT2D eigenvalue weighted by molar-refractivity contribution is 0.0743. The van der Waals surface area contributed by atoms with Crippen LogP contribution in [0.3, 0.4) is 0 Å². The summed E-state index contributed by atoms with van der Waals surface area (Å²) in [6, 6.07) is 9.68. The smallest absolute Gasteiger partial charge is 0.274 e. The minimum atomic E-state index is -0.245. The molecule has 7 rings (SSSR count). The first kappa shape index (κ1) is 23.3. The van der Waals surface area contributed by atoms with Gasteiger partial charge in [-0.05, 0) is 42.2 Å². The monoisotopic (exact) mass is 528 g/mol. The molecule has 0 unspecified atom stereocenters. The van der Waals surface area contributed by atoms with Crippen molar-refractivity contribution >= 4 is 40.0 Å². The Morgan fingerprint density at radius 1 is 1.13 bits per heavy atom. The molecule has 2 aliphatic heterocycles. The van der Waals surface area contributed by atoms with Crippen LogP contribution in [0.4, 0.5) is 5.69 Å². The van der Waals surface area contributed by atoms with Crippen molar-refractivity contribution in [3.63, 3.8) is 0 Å². The molecule has 9 nitrogen and oxygen atoms in total. The Kier molecular flexibility index (Phi) is 5.45. The van der Waals surface area contributed by atoms with Crippen molar-refractivity contribution in [2.45, 2.75) is 45.1 Å². The van der Waals surface area contributed by atoms with Crippen LogP contribution in [0.15, 0.2) is 42.7 Å². The molecular formula is C28H25ClN6O3. The summed E-state index contributed by atoms with van der Waals surface area (Å²) >= 11 is 6.45. The van der Waals surface area contributed by atoms with Gasteiger partial charge in [0.25, 0.3) is 11.8 Å². The molecule has 38 heavy (non-hydrogen) atoms. The van der Waals surface area contributed by atoms with Crippen LogP contribution in [0.25, 0.3) is 10.9 Å². The number of fused-ring (bicyclic) bond motifs is 4. The number of hydrogen-bond acceptors (Lipinski definition) is 6. The summed E-state index contributed by atoms with van der Waals surface area (Å²) in [4.78, 5) is 39.5. The summed E-state index contributed by atoms with van der Waals surface area (Å²) in [6.45, 7) is 2.33. The van der Waals surface area contributed by atoms with Gasteiger partial charge in [-0.1, -0.05) is 23.7 Å². The molecule has 3 aliphatic rings. The number of anilines is 1. The topological polar surface area (TPSA) is 93.4 Å². The van der Waals surface area contributed by atoms with E-state index in [1.807, 2.05) is 30.3 Å². The van der Waals surface area contributed by atoms with Gasteiger partial charge in [0.1, 0.15) is 10.8 Å². The Bertz CT molecular complexity index is 1610. The number of amides is 2. The molecule has 0 atom stereocenters. The minimum absolute atomic E-state index is 0.161. The zero-order valence-electron chi connectivity index (χ0n) is 20.9. The number of likely N-dealkylation sites (N-methyl/N-ethyl adjacent to an activating group) is 1. The van der Waals surface area contributed by atoms with Gasteiger partial charge >= 0.3 is 0 Å². The van der Waals surface area contributed by atoms with Crippen LogP contribution in [-0.4, -0.2) is 50.1 Å². The second kappa shape index (κ2) is 8.89. The lowest BCUT2D eigenvalue weighted by atomic mass is 10.0. The average molecular weight is 529 g/mol. The third-order valence-corrected chi connectivity index (χ3v) is 7.95. The van der Waals surface area contributed by atoms with Gasteiger partial charge in [0.15, 0.2) is 0 Å². The third-order valence-electron chi connectivity index (χ3n) is 7.63. The van der Waals surface area contributed by atoms with Gasteiger partial charge in [-0.2, -0.15) is 5.10 Å². The maximum Gasteiger partial charge on any atom is 0.274 e. The van der Waals surface area contributed by atoms with Gasteiger partial charge in [0, 0.05) is 42.4 Å². The predicted octanol–water partition coefficient (Wildman–Crippen LogP) is 4.32. The number of carbonyl (C=O) groups excluding carboxylic acids is 2. The fourth-order valence-corrected chi connectivity index (χ4v) is 5.56. The number of ether oxygens (including phenoxy) is 1. The van der Waals surface area contributed by atoms with Crippen molar-refractivity contribution in [2.75, 3.05) is 18.5 Å². The summed E-state index contributed by atoms with van der Waals surface area (Å²) in [5.74, 6) is 0.0891. The van der Waals surface area contributed by atoms with E-state index in [1.165, 1.54) is 0 Å². The third kappa shape index (κ3) is 3.85. The zero-order valence-corrected chi connectivity index (χ0v) is 21.6. The number of nitrogens with zero attached hydrogens (tertiary/aromatic N) is 6. The molecule has 5 heterocycles. The van der Waals surface area contributed by atoms with Gasteiger partial charge in [-0.15, -0.1) is 0 Å². The Hall–Kier alpha value is -3.82. The van der Waals surface area contributed by atoms with Gasteiger partial charge in [0.05, 0.1) is 49.3 Å². The number of halogens is 1. The van der Waals surface area contributed by atoms with E-state index in [0.717, 1.165) is 46.1 Å². The molecule has 192 valence electrons. The van der Waals surface area contributed by atoms with Crippen LogP contribution in [0.5, 0.6) is 0 Å². The molecule has 1 fully saturated rings. The summed E-state index contributed by atoms with van der Waals surface area (Å²) in [5.41, 5.74) is 5.95. The molecule has 3 aromatic heterocycles. The highest BCUT2D eigenvalue weighted by atomic mass is 35.5. The molecule has 0 bridgehead atoms. The summed E-state index contributed by atoms with van der Waals surface area (Å²) in [5, 5.41) is 5.87. The molecule has 1 aliphatic carbocycles. The predicted molar refractivity (Wildman–Crippen MR) is 141 cm³/mol. The number of hydrogen-bond donors (Lipinski definition) is 0. The van der Waals surface area contributed by atoms with E-state index in [-0.39, 0.29) is 18.4 Å². The largest absolute Gasteiger partial charge is 0.372 e. The molecule has 1 saturated carbocycles. The van der Waals surface area contributed by atoms with E-state index in [0.29, 0.717) is 54.3 Å². The van der Waals surface area contributed by atoms with Gasteiger partial charge in [0.2, 0.25) is 0 Å². The molecule has 0 N–H and O–H groups in total. The molecule has 10 heteroatoms. The van der Waals surface area contributed by atoms with Crippen molar-refractivity contribution in [3.8, 4) is 0 Å². The molecular weight excluding hydrogens is 504 g/mol. The van der Waals surface area contributed by atoms with Gasteiger partial charge < -0.3 is 14.5 Å². The van der Waals surface area contributed by atoms with Crippen LogP contribution >= 0.6 is 11.6 Å². The number of carbonyl (C=O) groups is 2. The second-order valence-corrected chi connectivity index (χ2v) is 10.5. The van der Waals surface area contributed by atoms with E-state index >= 15 is 0 Å². The van der Waals surface area contributed by atoms with E-state index in [9.17, 15) is 9.59 Å². The van der Waals surface area contributed by atoms with Crippen LogP contribution in [-0.2, 0) is 31.0 Å². The fraction of sp³-hybridized carbons (Fsp3) is 0.321. The number of benzene rings is 1. The molecule has 0 saturated heterocycles. The Labute approximate surface area is 224 Å². The Balaban J connectivity index is 1.29. The SMILES string of the molecule is CN1CCn2ncc(N(Cc3ccc4c5c(c(Cl)nc4c3)COC5)C(=O)c3ccc(C4CC4)nc3)c2C1=O. The van der Waals surface area contributed by atoms with E-state index < -0.39 is 0 Å². The standard InChI is InChI=1S/C28H25ClN6O3/c1-33-8-9-35-25(28(33)37)24(12-31-35)34(27(36)18-5-7-22(30-11-18)17-3-4-17)13-16-2-6-19-20-14-38-15-21(20)26(29)32-23(19)10-16/h2,5-7,10-12,17H,3-4,8-9,13-15H2,1H3. The molecule has 0 radical (unpaired) electrons. The first-order valence-corrected chi connectivity index (χ1v) is 13.1. The van der Waals surface area contributed by atoms with E-state index in [2.05, 4.69) is 15.1 Å². The molecule has 2 amide bonds. The average Bonchev–Trinajstić information content (AvgIpc) is 3.49. The van der Waals surface area contributed by atoms with E-state index in [1.54, 1.807) is 33.9 Å². The highest BCUT2D eigenvalue weighted by Crippen LogP contribution is 2.39. The van der Waals surface area contributed by atoms with Crippen molar-refractivity contribution in [3.05, 3.63) is 81.5 Å². The second-order valence-electron chi connectivity index (χ2n) is 10.2. The highest BCUT2D eigenvalue weighted by molar-refractivity contribution is 6.30. The number of pyridine rings is 2. The first-order valence-electron chi connectivity index (χ1n) is 12.7. The van der Waals surface area contributed by atoms with Crippen LogP contribution in [0.2, 0.25) is 5.15 Å². The zero-order chi connectivity index (χ0) is 26.0. The van der Waals surface area contributed by atoms with Crippen LogP contribution in [0.1, 0.15) is 62.0 Å². The number of aromatic nitrogens is 4. The maximum atomic E-state index is 14.0. The van der Waals surface area contributed by atoms with Gasteiger partial charge in [-0.25, -0.2) is 4.98 Å². The Morgan fingerprint density at radius 2 is 1.97 bits per heavy atom.